The van der Waals surface area contributed by atoms with Gasteiger partial charge in [-0.25, -0.2) is 4.79 Å². The largest absolute Gasteiger partial charge is 0.444 e. The van der Waals surface area contributed by atoms with Crippen molar-refractivity contribution in [1.82, 2.24) is 10.2 Å². The molecule has 0 aliphatic heterocycles. The molecule has 37 heavy (non-hydrogen) atoms. The van der Waals surface area contributed by atoms with Gasteiger partial charge >= 0.3 is 6.09 Å². The van der Waals surface area contributed by atoms with E-state index in [-0.39, 0.29) is 5.75 Å². The molecule has 2 aromatic rings. The summed E-state index contributed by atoms with van der Waals surface area (Å²) >= 11 is 10.7. The molecule has 0 saturated carbocycles. The lowest BCUT2D eigenvalue weighted by Gasteiger charge is -2.37. The number of amides is 3. The molecular formula is C28H38ClN3O4S. The molecule has 2 unspecified atom stereocenters. The number of para-hydroxylation sites is 1. The van der Waals surface area contributed by atoms with Gasteiger partial charge in [0.05, 0.1) is 10.7 Å². The van der Waals surface area contributed by atoms with E-state index in [1.54, 1.807) is 32.9 Å². The van der Waals surface area contributed by atoms with Crippen LogP contribution in [-0.4, -0.2) is 46.2 Å². The van der Waals surface area contributed by atoms with Gasteiger partial charge in [0, 0.05) is 11.8 Å². The van der Waals surface area contributed by atoms with E-state index in [4.69, 9.17) is 16.3 Å². The third-order valence-electron chi connectivity index (χ3n) is 5.92. The second-order valence-electron chi connectivity index (χ2n) is 10.3. The summed E-state index contributed by atoms with van der Waals surface area (Å²) < 4.78 is 5.34. The first kappa shape index (κ1) is 30.5. The molecule has 3 amide bonds. The Labute approximate surface area is 230 Å². The lowest BCUT2D eigenvalue weighted by Crippen LogP contribution is -2.55. The van der Waals surface area contributed by atoms with Gasteiger partial charge in [0.2, 0.25) is 5.91 Å². The summed E-state index contributed by atoms with van der Waals surface area (Å²) in [5, 5.41) is 5.96. The van der Waals surface area contributed by atoms with Crippen LogP contribution in [0.4, 0.5) is 10.5 Å². The van der Waals surface area contributed by atoms with E-state index in [2.05, 4.69) is 23.3 Å². The predicted molar refractivity (Wildman–Crippen MR) is 152 cm³/mol. The third-order valence-corrected chi connectivity index (χ3v) is 6.60. The number of nitrogens with one attached hydrogen (secondary N) is 2. The lowest BCUT2D eigenvalue weighted by molar-refractivity contribution is -0.142. The molecule has 202 valence electrons. The number of alkyl carbamates (subject to hydrolysis) is 1. The Hall–Kier alpha value is -2.71. The van der Waals surface area contributed by atoms with Gasteiger partial charge in [0.1, 0.15) is 17.7 Å². The van der Waals surface area contributed by atoms with E-state index in [0.29, 0.717) is 16.3 Å². The highest BCUT2D eigenvalue weighted by Gasteiger charge is 2.38. The summed E-state index contributed by atoms with van der Waals surface area (Å²) in [4.78, 5) is 41.8. The second-order valence-corrected chi connectivity index (χ2v) is 11.1. The third kappa shape index (κ3) is 7.89. The van der Waals surface area contributed by atoms with Crippen LogP contribution in [0.15, 0.2) is 36.4 Å². The molecule has 7 nitrogen and oxygen atoms in total. The quantitative estimate of drug-likeness (QED) is 0.353. The minimum atomic E-state index is -1.01. The fourth-order valence-corrected chi connectivity index (χ4v) is 4.48. The van der Waals surface area contributed by atoms with Crippen molar-refractivity contribution >= 4 is 47.8 Å². The number of hydrogen-bond acceptors (Lipinski definition) is 5. The molecule has 2 rings (SSSR count). The number of rotatable bonds is 8. The lowest BCUT2D eigenvalue weighted by atomic mass is 9.94. The average Bonchev–Trinajstić information content (AvgIpc) is 2.78. The van der Waals surface area contributed by atoms with Crippen LogP contribution in [0.2, 0.25) is 5.02 Å². The van der Waals surface area contributed by atoms with E-state index < -0.39 is 41.6 Å². The summed E-state index contributed by atoms with van der Waals surface area (Å²) in [7, 11) is 0. The van der Waals surface area contributed by atoms with Crippen molar-refractivity contribution in [2.24, 2.45) is 0 Å². The Morgan fingerprint density at radius 1 is 1.03 bits per heavy atom. The van der Waals surface area contributed by atoms with Crippen molar-refractivity contribution in [1.29, 1.82) is 0 Å². The predicted octanol–water partition coefficient (Wildman–Crippen LogP) is 6.01. The van der Waals surface area contributed by atoms with E-state index in [0.717, 1.165) is 16.7 Å². The molecule has 0 aliphatic rings. The zero-order valence-electron chi connectivity index (χ0n) is 22.8. The number of benzene rings is 2. The standard InChI is InChI=1S/C28H38ClN3O4S/c1-16(2)32(26(34)22(15-37)30-27(35)36-28(6,7)8)24(20-13-9-11-17(3)19(20)5)25(33)31-23-18(4)12-10-14-21(23)29/h9-14,16,22,24,37H,15H2,1-8H3,(H,30,35)(H,31,33). The maximum absolute atomic E-state index is 14.0. The van der Waals surface area contributed by atoms with Crippen molar-refractivity contribution in [3.8, 4) is 0 Å². The van der Waals surface area contributed by atoms with Crippen LogP contribution in [0.3, 0.4) is 0 Å². The number of nitrogens with zero attached hydrogens (tertiary/aromatic N) is 1. The minimum absolute atomic E-state index is 0.0199. The summed E-state index contributed by atoms with van der Waals surface area (Å²) in [6, 6.07) is 8.61. The molecule has 0 radical (unpaired) electrons. The van der Waals surface area contributed by atoms with Crippen molar-refractivity contribution in [2.45, 2.75) is 79.1 Å². The molecule has 0 fully saturated rings. The van der Waals surface area contributed by atoms with Gasteiger partial charge in [-0.3, -0.25) is 9.59 Å². The molecule has 0 aliphatic carbocycles. The normalized spacial score (nSPS) is 13.1. The van der Waals surface area contributed by atoms with Crippen LogP contribution in [0.25, 0.3) is 0 Å². The molecule has 0 spiro atoms. The first-order valence-corrected chi connectivity index (χ1v) is 13.2. The highest BCUT2D eigenvalue weighted by molar-refractivity contribution is 7.80. The Balaban J connectivity index is 2.57. The van der Waals surface area contributed by atoms with Crippen molar-refractivity contribution in [3.63, 3.8) is 0 Å². The van der Waals surface area contributed by atoms with Crippen LogP contribution in [0.5, 0.6) is 0 Å². The minimum Gasteiger partial charge on any atom is -0.444 e. The van der Waals surface area contributed by atoms with Crippen LogP contribution >= 0.6 is 24.2 Å². The zero-order valence-corrected chi connectivity index (χ0v) is 24.5. The number of carbonyl (C=O) groups excluding carboxylic acids is 3. The number of hydrogen-bond donors (Lipinski definition) is 3. The van der Waals surface area contributed by atoms with Gasteiger partial charge in [0.25, 0.3) is 5.91 Å². The fraction of sp³-hybridized carbons (Fsp3) is 0.464. The summed E-state index contributed by atoms with van der Waals surface area (Å²) in [5.74, 6) is -0.846. The van der Waals surface area contributed by atoms with E-state index >= 15 is 0 Å². The number of aryl methyl sites for hydroxylation is 2. The molecule has 2 N–H and O–H groups in total. The van der Waals surface area contributed by atoms with Gasteiger partial charge in [-0.15, -0.1) is 0 Å². The van der Waals surface area contributed by atoms with E-state index in [9.17, 15) is 14.4 Å². The number of anilines is 1. The molecule has 2 aromatic carbocycles. The van der Waals surface area contributed by atoms with Crippen LogP contribution in [-0.2, 0) is 14.3 Å². The molecule has 9 heteroatoms. The highest BCUT2D eigenvalue weighted by atomic mass is 35.5. The molecule has 0 aromatic heterocycles. The van der Waals surface area contributed by atoms with Gasteiger partial charge in [-0.05, 0) is 83.7 Å². The van der Waals surface area contributed by atoms with Gasteiger partial charge in [-0.2, -0.15) is 12.6 Å². The summed E-state index contributed by atoms with van der Waals surface area (Å²) in [6.45, 7) is 14.6. The van der Waals surface area contributed by atoms with Gasteiger partial charge < -0.3 is 20.3 Å². The molecule has 2 atom stereocenters. The maximum Gasteiger partial charge on any atom is 0.408 e. The number of halogens is 1. The van der Waals surface area contributed by atoms with E-state index in [1.807, 2.05) is 58.9 Å². The molecular weight excluding hydrogens is 510 g/mol. The number of thiol groups is 1. The Bertz CT molecular complexity index is 1130. The Morgan fingerprint density at radius 3 is 2.16 bits per heavy atom. The first-order chi connectivity index (χ1) is 17.2. The van der Waals surface area contributed by atoms with Crippen LogP contribution in [0.1, 0.15) is 62.9 Å². The van der Waals surface area contributed by atoms with Crippen LogP contribution in [0, 0.1) is 20.8 Å². The number of carbonyl (C=O) groups is 3. The van der Waals surface area contributed by atoms with Crippen molar-refractivity contribution < 1.29 is 19.1 Å². The van der Waals surface area contributed by atoms with Crippen molar-refractivity contribution in [2.75, 3.05) is 11.1 Å². The first-order valence-electron chi connectivity index (χ1n) is 12.2. The maximum atomic E-state index is 14.0. The smallest absolute Gasteiger partial charge is 0.408 e. The van der Waals surface area contributed by atoms with Crippen LogP contribution < -0.4 is 10.6 Å². The van der Waals surface area contributed by atoms with Gasteiger partial charge in [-0.1, -0.05) is 41.9 Å². The van der Waals surface area contributed by atoms with Gasteiger partial charge in [0.15, 0.2) is 0 Å². The number of ether oxygens (including phenoxy) is 1. The van der Waals surface area contributed by atoms with E-state index in [1.165, 1.54) is 4.90 Å². The fourth-order valence-electron chi connectivity index (χ4n) is 3.96. The Morgan fingerprint density at radius 2 is 1.62 bits per heavy atom. The monoisotopic (exact) mass is 547 g/mol. The summed E-state index contributed by atoms with van der Waals surface area (Å²) in [5.41, 5.74) is 3.10. The molecule has 0 bridgehead atoms. The topological polar surface area (TPSA) is 87.7 Å². The SMILES string of the molecule is Cc1cccc(C(C(=O)Nc2c(C)cccc2Cl)N(C(=O)C(CS)NC(=O)OC(C)(C)C)C(C)C)c1C. The Kier molecular flexibility index (Phi) is 10.5. The highest BCUT2D eigenvalue weighted by Crippen LogP contribution is 2.32. The average molecular weight is 548 g/mol. The molecule has 0 heterocycles. The summed E-state index contributed by atoms with van der Waals surface area (Å²) in [6.07, 6.45) is -0.733. The molecule has 0 saturated heterocycles. The van der Waals surface area contributed by atoms with Crippen molar-refractivity contribution in [3.05, 3.63) is 63.7 Å². The zero-order chi connectivity index (χ0) is 28.1. The second kappa shape index (κ2) is 12.7.